The molecule has 2 aliphatic heterocycles. The Morgan fingerprint density at radius 3 is 2.31 bits per heavy atom. The van der Waals surface area contributed by atoms with E-state index in [2.05, 4.69) is 0 Å². The van der Waals surface area contributed by atoms with E-state index >= 15 is 0 Å². The highest BCUT2D eigenvalue weighted by atomic mass is 19.3. The molecule has 2 atom stereocenters. The van der Waals surface area contributed by atoms with Crippen LogP contribution in [0.1, 0.15) is 44.9 Å². The lowest BCUT2D eigenvalue weighted by Gasteiger charge is -2.39. The molecule has 1 unspecified atom stereocenters. The summed E-state index contributed by atoms with van der Waals surface area (Å²) in [5.74, 6) is -4.34. The molecule has 1 saturated carbocycles. The Balaban J connectivity index is 1.68. The van der Waals surface area contributed by atoms with E-state index in [1.165, 1.54) is 4.90 Å². The summed E-state index contributed by atoms with van der Waals surface area (Å²) in [6.45, 7) is 0.119. The Morgan fingerprint density at radius 2 is 1.83 bits per heavy atom. The Hall–Kier alpha value is -1.77. The zero-order valence-electron chi connectivity index (χ0n) is 17.3. The molecule has 2 N–H and O–H groups in total. The van der Waals surface area contributed by atoms with Crippen molar-refractivity contribution in [1.82, 2.24) is 14.7 Å². The Bertz CT molecular complexity index is 650. The van der Waals surface area contributed by atoms with E-state index in [1.807, 2.05) is 4.90 Å². The molecule has 0 radical (unpaired) electrons. The molecule has 0 aromatic heterocycles. The van der Waals surface area contributed by atoms with E-state index in [0.717, 1.165) is 30.7 Å². The predicted molar refractivity (Wildman–Crippen MR) is 103 cm³/mol. The molecule has 3 rings (SSSR count). The molecule has 0 aromatic rings. The highest BCUT2D eigenvalue weighted by Crippen LogP contribution is 2.36. The second kappa shape index (κ2) is 8.53. The molecule has 2 heterocycles. The fraction of sp³-hybridized carbons (Fsp3) is 0.850. The van der Waals surface area contributed by atoms with Gasteiger partial charge in [0, 0.05) is 46.1 Å². The molecular formula is C20H32F2N4O3. The maximum absolute atomic E-state index is 13.5. The molecule has 9 heteroatoms. The Kier molecular flexibility index (Phi) is 6.45. The predicted octanol–water partition coefficient (Wildman–Crippen LogP) is 1.07. The third kappa shape index (κ3) is 4.70. The summed E-state index contributed by atoms with van der Waals surface area (Å²) < 4.78 is 27.1. The van der Waals surface area contributed by atoms with Crippen molar-refractivity contribution >= 4 is 17.7 Å². The quantitative estimate of drug-likeness (QED) is 0.729. The summed E-state index contributed by atoms with van der Waals surface area (Å²) in [6, 6.07) is -0.950. The van der Waals surface area contributed by atoms with Crippen LogP contribution >= 0.6 is 0 Å². The second-order valence-corrected chi connectivity index (χ2v) is 8.91. The molecule has 0 aromatic carbocycles. The lowest BCUT2D eigenvalue weighted by molar-refractivity contribution is -0.144. The summed E-state index contributed by atoms with van der Waals surface area (Å²) in [7, 11) is 3.23. The summed E-state index contributed by atoms with van der Waals surface area (Å²) in [5, 5.41) is 0. The van der Waals surface area contributed by atoms with Gasteiger partial charge in [0.2, 0.25) is 17.7 Å². The number of carbonyl (C=O) groups excluding carboxylic acids is 3. The van der Waals surface area contributed by atoms with Crippen LogP contribution in [0, 0.1) is 11.8 Å². The molecule has 2 saturated heterocycles. The van der Waals surface area contributed by atoms with Gasteiger partial charge in [0.25, 0.3) is 5.92 Å². The van der Waals surface area contributed by atoms with E-state index in [0.29, 0.717) is 19.3 Å². The molecule has 3 amide bonds. The van der Waals surface area contributed by atoms with Gasteiger partial charge < -0.3 is 20.4 Å². The van der Waals surface area contributed by atoms with Gasteiger partial charge in [-0.1, -0.05) is 0 Å². The number of nitrogens with zero attached hydrogens (tertiary/aromatic N) is 3. The van der Waals surface area contributed by atoms with Crippen LogP contribution in [0.3, 0.4) is 0 Å². The lowest BCUT2D eigenvalue weighted by atomic mass is 9.74. The van der Waals surface area contributed by atoms with E-state index in [1.54, 1.807) is 14.1 Å². The Labute approximate surface area is 170 Å². The van der Waals surface area contributed by atoms with Gasteiger partial charge in [-0.2, -0.15) is 0 Å². The maximum atomic E-state index is 13.5. The Morgan fingerprint density at radius 1 is 1.17 bits per heavy atom. The molecular weight excluding hydrogens is 382 g/mol. The van der Waals surface area contributed by atoms with Gasteiger partial charge in [-0.05, 0) is 38.0 Å². The third-order valence-electron chi connectivity index (χ3n) is 6.68. The third-order valence-corrected chi connectivity index (χ3v) is 6.68. The van der Waals surface area contributed by atoms with Crippen LogP contribution in [0.15, 0.2) is 0 Å². The van der Waals surface area contributed by atoms with Crippen LogP contribution in [0.4, 0.5) is 8.78 Å². The monoisotopic (exact) mass is 414 g/mol. The van der Waals surface area contributed by atoms with E-state index in [-0.39, 0.29) is 36.7 Å². The van der Waals surface area contributed by atoms with Crippen molar-refractivity contribution in [2.75, 3.05) is 33.7 Å². The SMILES string of the molecule is CN(C)C(=O)[C@@H](C1CCC(N2CCCC2=O)CC1)C(N)C(=O)N1CCC(F)(F)C1. The number of hydrogen-bond acceptors (Lipinski definition) is 4. The number of nitrogens with two attached hydrogens (primary N) is 1. The van der Waals surface area contributed by atoms with Gasteiger partial charge in [0.1, 0.15) is 0 Å². The van der Waals surface area contributed by atoms with Crippen molar-refractivity contribution in [3.63, 3.8) is 0 Å². The fourth-order valence-electron chi connectivity index (χ4n) is 5.06. The minimum atomic E-state index is -2.89. The van der Waals surface area contributed by atoms with Crippen molar-refractivity contribution in [3.05, 3.63) is 0 Å². The first-order valence-corrected chi connectivity index (χ1v) is 10.5. The molecule has 3 aliphatic rings. The van der Waals surface area contributed by atoms with E-state index < -0.39 is 30.3 Å². The maximum Gasteiger partial charge on any atom is 0.267 e. The topological polar surface area (TPSA) is 87.0 Å². The zero-order valence-corrected chi connectivity index (χ0v) is 17.3. The molecule has 1 aliphatic carbocycles. The zero-order chi connectivity index (χ0) is 21.3. The summed E-state index contributed by atoms with van der Waals surface area (Å²) in [4.78, 5) is 42.2. The number of amides is 3. The highest BCUT2D eigenvalue weighted by Gasteiger charge is 2.46. The minimum absolute atomic E-state index is 0.0355. The average Bonchev–Trinajstić information content (AvgIpc) is 3.26. The van der Waals surface area contributed by atoms with Crippen molar-refractivity contribution in [3.8, 4) is 0 Å². The van der Waals surface area contributed by atoms with Gasteiger partial charge in [-0.3, -0.25) is 14.4 Å². The second-order valence-electron chi connectivity index (χ2n) is 8.91. The molecule has 0 bridgehead atoms. The largest absolute Gasteiger partial charge is 0.349 e. The molecule has 7 nitrogen and oxygen atoms in total. The van der Waals surface area contributed by atoms with Crippen LogP contribution in [0.25, 0.3) is 0 Å². The molecule has 29 heavy (non-hydrogen) atoms. The minimum Gasteiger partial charge on any atom is -0.349 e. The summed E-state index contributed by atoms with van der Waals surface area (Å²) >= 11 is 0. The standard InChI is InChI=1S/C20H32F2N4O3/c1-24(2)18(28)16(17(23)19(29)25-11-9-20(21,22)12-25)13-5-7-14(8-6-13)26-10-3-4-15(26)27/h13-14,16-17H,3-12,23H2,1-2H3/t13?,14?,16-,17?/m0/s1. The average molecular weight is 414 g/mol. The number of hydrogen-bond donors (Lipinski definition) is 1. The first-order valence-electron chi connectivity index (χ1n) is 10.5. The van der Waals surface area contributed by atoms with Crippen molar-refractivity contribution in [2.24, 2.45) is 17.6 Å². The first kappa shape index (κ1) is 21.9. The number of rotatable bonds is 5. The van der Waals surface area contributed by atoms with Crippen molar-refractivity contribution in [2.45, 2.75) is 63.0 Å². The first-order chi connectivity index (χ1) is 13.6. The van der Waals surface area contributed by atoms with Gasteiger partial charge in [0.05, 0.1) is 18.5 Å². The van der Waals surface area contributed by atoms with Gasteiger partial charge in [-0.15, -0.1) is 0 Å². The summed E-state index contributed by atoms with van der Waals surface area (Å²) in [6.07, 6.45) is 4.05. The lowest BCUT2D eigenvalue weighted by Crippen LogP contribution is -2.54. The van der Waals surface area contributed by atoms with Crippen LogP contribution < -0.4 is 5.73 Å². The summed E-state index contributed by atoms with van der Waals surface area (Å²) in [5.41, 5.74) is 6.23. The fourth-order valence-corrected chi connectivity index (χ4v) is 5.06. The smallest absolute Gasteiger partial charge is 0.267 e. The number of halogens is 2. The van der Waals surface area contributed by atoms with Crippen molar-refractivity contribution < 1.29 is 23.2 Å². The number of carbonyl (C=O) groups is 3. The van der Waals surface area contributed by atoms with Crippen LogP contribution in [-0.4, -0.2) is 84.2 Å². The van der Waals surface area contributed by atoms with Crippen LogP contribution in [-0.2, 0) is 14.4 Å². The van der Waals surface area contributed by atoms with Crippen LogP contribution in [0.5, 0.6) is 0 Å². The number of alkyl halides is 2. The molecule has 0 spiro atoms. The van der Waals surface area contributed by atoms with Gasteiger partial charge >= 0.3 is 0 Å². The van der Waals surface area contributed by atoms with Gasteiger partial charge in [-0.25, -0.2) is 8.78 Å². The molecule has 164 valence electrons. The molecule has 3 fully saturated rings. The van der Waals surface area contributed by atoms with E-state index in [9.17, 15) is 23.2 Å². The van der Waals surface area contributed by atoms with Crippen LogP contribution in [0.2, 0.25) is 0 Å². The highest BCUT2D eigenvalue weighted by molar-refractivity contribution is 5.90. The normalized spacial score (nSPS) is 29.1. The number of likely N-dealkylation sites (tertiary alicyclic amines) is 2. The van der Waals surface area contributed by atoms with E-state index in [4.69, 9.17) is 5.73 Å². The van der Waals surface area contributed by atoms with Gasteiger partial charge in [0.15, 0.2) is 0 Å². The van der Waals surface area contributed by atoms with Crippen molar-refractivity contribution in [1.29, 1.82) is 0 Å².